The van der Waals surface area contributed by atoms with Crippen molar-refractivity contribution in [2.75, 3.05) is 0 Å². The van der Waals surface area contributed by atoms with Gasteiger partial charge in [0, 0.05) is 0 Å². The molecule has 0 amide bonds. The molecule has 0 saturated carbocycles. The molecule has 0 spiro atoms. The largest absolute Gasteiger partial charge is 0.0770 e. The highest BCUT2D eigenvalue weighted by molar-refractivity contribution is 5.52. The molecule has 2 aliphatic rings. The van der Waals surface area contributed by atoms with Crippen molar-refractivity contribution >= 4 is 0 Å². The molecular formula is C11H14. The van der Waals surface area contributed by atoms with Crippen molar-refractivity contribution in [2.45, 2.75) is 32.6 Å². The molecule has 0 saturated heterocycles. The normalized spacial score (nSPS) is 23.2. The summed E-state index contributed by atoms with van der Waals surface area (Å²) in [4.78, 5) is 0. The highest BCUT2D eigenvalue weighted by atomic mass is 14.2. The summed E-state index contributed by atoms with van der Waals surface area (Å²) < 4.78 is 0. The van der Waals surface area contributed by atoms with Crippen LogP contribution in [-0.4, -0.2) is 0 Å². The molecule has 2 aliphatic carbocycles. The Kier molecular flexibility index (Phi) is 1.69. The number of allylic oxidation sites excluding steroid dienone is 6. The minimum atomic E-state index is 1.27. The Balaban J connectivity index is 2.31. The smallest absolute Gasteiger partial charge is 0.0262 e. The first kappa shape index (κ1) is 6.90. The molecule has 0 atom stereocenters. The van der Waals surface area contributed by atoms with E-state index in [4.69, 9.17) is 0 Å². The van der Waals surface area contributed by atoms with Gasteiger partial charge in [-0.25, -0.2) is 0 Å². The third kappa shape index (κ3) is 1.30. The zero-order valence-corrected chi connectivity index (χ0v) is 7.06. The molecule has 0 bridgehead atoms. The van der Waals surface area contributed by atoms with Crippen LogP contribution in [0.25, 0.3) is 0 Å². The molecule has 0 aromatic heterocycles. The lowest BCUT2D eigenvalue weighted by atomic mass is 10.1. The Morgan fingerprint density at radius 1 is 1.18 bits per heavy atom. The molecule has 0 heterocycles. The van der Waals surface area contributed by atoms with Gasteiger partial charge in [0.2, 0.25) is 0 Å². The van der Waals surface area contributed by atoms with Crippen LogP contribution in [0.3, 0.4) is 0 Å². The molecular weight excluding hydrogens is 132 g/mol. The first-order valence-corrected chi connectivity index (χ1v) is 4.46. The van der Waals surface area contributed by atoms with E-state index in [1.807, 2.05) is 0 Å². The highest BCUT2D eigenvalue weighted by Crippen LogP contribution is 2.30. The minimum absolute atomic E-state index is 1.27. The summed E-state index contributed by atoms with van der Waals surface area (Å²) in [6.07, 6.45) is 12.3. The first-order valence-electron chi connectivity index (χ1n) is 4.46. The van der Waals surface area contributed by atoms with E-state index in [2.05, 4.69) is 25.2 Å². The van der Waals surface area contributed by atoms with E-state index >= 15 is 0 Å². The van der Waals surface area contributed by atoms with E-state index in [0.717, 1.165) is 0 Å². The van der Waals surface area contributed by atoms with Crippen LogP contribution >= 0.6 is 0 Å². The Hall–Kier alpha value is -0.780. The fraction of sp³-hybridized carbons (Fsp3) is 0.455. The zero-order valence-electron chi connectivity index (χ0n) is 7.06. The number of fused-ring (bicyclic) bond motifs is 1. The van der Waals surface area contributed by atoms with Crippen LogP contribution in [0.4, 0.5) is 0 Å². The van der Waals surface area contributed by atoms with E-state index < -0.39 is 0 Å². The Labute approximate surface area is 68.3 Å². The van der Waals surface area contributed by atoms with Crippen LogP contribution < -0.4 is 0 Å². The Morgan fingerprint density at radius 3 is 3.00 bits per heavy atom. The maximum absolute atomic E-state index is 2.38. The lowest BCUT2D eigenvalue weighted by Gasteiger charge is -1.97. The number of hydrogen-bond donors (Lipinski definition) is 0. The molecule has 0 aromatic rings. The van der Waals surface area contributed by atoms with Crippen molar-refractivity contribution in [1.82, 2.24) is 0 Å². The topological polar surface area (TPSA) is 0 Å². The summed E-state index contributed by atoms with van der Waals surface area (Å²) in [5.74, 6) is 0. The Bertz CT molecular complexity index is 251. The van der Waals surface area contributed by atoms with Gasteiger partial charge < -0.3 is 0 Å². The predicted molar refractivity (Wildman–Crippen MR) is 48.4 cm³/mol. The van der Waals surface area contributed by atoms with Gasteiger partial charge in [-0.3, -0.25) is 0 Å². The monoisotopic (exact) mass is 146 g/mol. The highest BCUT2D eigenvalue weighted by Gasteiger charge is 2.11. The van der Waals surface area contributed by atoms with Crippen molar-refractivity contribution in [3.63, 3.8) is 0 Å². The van der Waals surface area contributed by atoms with Crippen LogP contribution in [-0.2, 0) is 0 Å². The standard InChI is InChI=1S/C11H14/c1-9-7-10-5-3-2-4-6-11(10)8-9/h5,7-8H,2-4,6H2,1H3. The molecule has 0 fully saturated rings. The van der Waals surface area contributed by atoms with Crippen molar-refractivity contribution in [2.24, 2.45) is 0 Å². The van der Waals surface area contributed by atoms with Gasteiger partial charge in [0.1, 0.15) is 0 Å². The second kappa shape index (κ2) is 2.69. The molecule has 0 aliphatic heterocycles. The van der Waals surface area contributed by atoms with Crippen molar-refractivity contribution in [3.8, 4) is 0 Å². The SMILES string of the molecule is CC1=CC2=CCCCCC2=C1. The van der Waals surface area contributed by atoms with Gasteiger partial charge in [0.15, 0.2) is 0 Å². The molecule has 0 radical (unpaired) electrons. The van der Waals surface area contributed by atoms with E-state index in [-0.39, 0.29) is 0 Å². The van der Waals surface area contributed by atoms with Crippen LogP contribution in [0, 0.1) is 0 Å². The lowest BCUT2D eigenvalue weighted by Crippen LogP contribution is -1.78. The van der Waals surface area contributed by atoms with E-state index in [1.54, 1.807) is 5.57 Å². The van der Waals surface area contributed by atoms with Gasteiger partial charge >= 0.3 is 0 Å². The summed E-state index contributed by atoms with van der Waals surface area (Å²) >= 11 is 0. The number of rotatable bonds is 0. The van der Waals surface area contributed by atoms with Gasteiger partial charge in [-0.05, 0) is 43.8 Å². The number of hydrogen-bond acceptors (Lipinski definition) is 0. The molecule has 0 heteroatoms. The summed E-state index contributed by atoms with van der Waals surface area (Å²) in [5, 5.41) is 0. The van der Waals surface area contributed by atoms with E-state index in [9.17, 15) is 0 Å². The van der Waals surface area contributed by atoms with Crippen molar-refractivity contribution in [3.05, 3.63) is 34.9 Å². The molecule has 58 valence electrons. The van der Waals surface area contributed by atoms with Gasteiger partial charge in [-0.1, -0.05) is 23.8 Å². The van der Waals surface area contributed by atoms with Crippen molar-refractivity contribution in [1.29, 1.82) is 0 Å². The maximum Gasteiger partial charge on any atom is -0.0262 e. The fourth-order valence-corrected chi connectivity index (χ4v) is 1.86. The van der Waals surface area contributed by atoms with E-state index in [1.165, 1.54) is 36.8 Å². The van der Waals surface area contributed by atoms with Crippen LogP contribution in [0.1, 0.15) is 32.6 Å². The van der Waals surface area contributed by atoms with Crippen LogP contribution in [0.15, 0.2) is 34.9 Å². The van der Waals surface area contributed by atoms with Crippen LogP contribution in [0.5, 0.6) is 0 Å². The zero-order chi connectivity index (χ0) is 7.68. The minimum Gasteiger partial charge on any atom is -0.0770 e. The summed E-state index contributed by atoms with van der Waals surface area (Å²) in [5.41, 5.74) is 4.49. The molecule has 0 unspecified atom stereocenters. The van der Waals surface area contributed by atoms with Crippen LogP contribution in [0.2, 0.25) is 0 Å². The maximum atomic E-state index is 2.38. The first-order chi connectivity index (χ1) is 5.36. The molecule has 2 rings (SSSR count). The van der Waals surface area contributed by atoms with Crippen molar-refractivity contribution < 1.29 is 0 Å². The summed E-state index contributed by atoms with van der Waals surface area (Å²) in [7, 11) is 0. The predicted octanol–water partition coefficient (Wildman–Crippen LogP) is 3.37. The third-order valence-electron chi connectivity index (χ3n) is 2.42. The molecule has 0 aromatic carbocycles. The van der Waals surface area contributed by atoms with Gasteiger partial charge in [-0.15, -0.1) is 0 Å². The average Bonchev–Trinajstić information content (AvgIpc) is 2.17. The van der Waals surface area contributed by atoms with Gasteiger partial charge in [-0.2, -0.15) is 0 Å². The lowest BCUT2D eigenvalue weighted by molar-refractivity contribution is 0.765. The quantitative estimate of drug-likeness (QED) is 0.491. The Morgan fingerprint density at radius 2 is 2.09 bits per heavy atom. The molecule has 0 nitrogen and oxygen atoms in total. The van der Waals surface area contributed by atoms with Gasteiger partial charge in [0.25, 0.3) is 0 Å². The fourth-order valence-electron chi connectivity index (χ4n) is 1.86. The third-order valence-corrected chi connectivity index (χ3v) is 2.42. The summed E-state index contributed by atoms with van der Waals surface area (Å²) in [6.45, 7) is 2.18. The average molecular weight is 146 g/mol. The molecule has 0 N–H and O–H groups in total. The molecule has 11 heavy (non-hydrogen) atoms. The second-order valence-corrected chi connectivity index (χ2v) is 3.46. The second-order valence-electron chi connectivity index (χ2n) is 3.46. The summed E-state index contributed by atoms with van der Waals surface area (Å²) in [6, 6.07) is 0. The van der Waals surface area contributed by atoms with Gasteiger partial charge in [0.05, 0.1) is 0 Å². The van der Waals surface area contributed by atoms with E-state index in [0.29, 0.717) is 0 Å².